The van der Waals surface area contributed by atoms with E-state index in [1.807, 2.05) is 5.32 Å². The molecule has 0 aromatic carbocycles. The van der Waals surface area contributed by atoms with Gasteiger partial charge in [-0.3, -0.25) is 0 Å². The fraction of sp³-hybridized carbons (Fsp3) is 0.846. The van der Waals surface area contributed by atoms with Gasteiger partial charge >= 0.3 is 12.1 Å². The number of carbonyl (C=O) groups excluding carboxylic acids is 1. The molecule has 1 amide bonds. The van der Waals surface area contributed by atoms with Crippen molar-refractivity contribution in [3.63, 3.8) is 0 Å². The lowest BCUT2D eigenvalue weighted by molar-refractivity contribution is -0.226. The summed E-state index contributed by atoms with van der Waals surface area (Å²) in [5, 5.41) is 44.3. The van der Waals surface area contributed by atoms with E-state index >= 15 is 0 Å². The summed E-state index contributed by atoms with van der Waals surface area (Å²) in [5.74, 6) is -1.55. The summed E-state index contributed by atoms with van der Waals surface area (Å²) in [4.78, 5) is 25.8. The van der Waals surface area contributed by atoms with Gasteiger partial charge in [0.25, 0.3) is 0 Å². The van der Waals surface area contributed by atoms with Gasteiger partial charge in [-0.1, -0.05) is 5.11 Å². The maximum atomic E-state index is 11.8. The first kappa shape index (κ1) is 20.9. The van der Waals surface area contributed by atoms with Gasteiger partial charge in [0.2, 0.25) is 0 Å². The van der Waals surface area contributed by atoms with Crippen LogP contribution < -0.4 is 5.32 Å². The number of carboxylic acid groups (broad SMARTS) is 1. The summed E-state index contributed by atoms with van der Waals surface area (Å²) in [5.41, 5.74) is 7.44. The molecule has 1 fully saturated rings. The Labute approximate surface area is 143 Å². The molecule has 4 unspecified atom stereocenters. The van der Waals surface area contributed by atoms with Crippen LogP contribution in [0.4, 0.5) is 4.79 Å². The average Bonchev–Trinajstić information content (AvgIpc) is 2.48. The number of aliphatic hydroxyl groups is 3. The van der Waals surface area contributed by atoms with Gasteiger partial charge in [-0.15, -0.1) is 0 Å². The molecule has 12 heteroatoms. The number of aliphatic hydroxyl groups excluding tert-OH is 3. The lowest BCUT2D eigenvalue weighted by Gasteiger charge is -2.42. The van der Waals surface area contributed by atoms with Gasteiger partial charge in [-0.2, -0.15) is 0 Å². The summed E-state index contributed by atoms with van der Waals surface area (Å²) in [6.07, 6.45) is -9.12. The number of nitrogens with zero attached hydrogens (tertiary/aromatic N) is 3. The Kier molecular flexibility index (Phi) is 6.96. The fourth-order valence-corrected chi connectivity index (χ4v) is 2.24. The molecule has 0 saturated carbocycles. The lowest BCUT2D eigenvalue weighted by Crippen LogP contribution is -2.65. The Hall–Kier alpha value is -2.11. The molecule has 5 N–H and O–H groups in total. The normalized spacial score (nSPS) is 30.7. The number of hydrogen-bond donors (Lipinski definition) is 5. The first-order valence-electron chi connectivity index (χ1n) is 7.40. The zero-order valence-electron chi connectivity index (χ0n) is 13.9. The van der Waals surface area contributed by atoms with Gasteiger partial charge in [-0.05, 0) is 26.3 Å². The lowest BCUT2D eigenvalue weighted by atomic mass is 9.91. The van der Waals surface area contributed by atoms with E-state index in [0.717, 1.165) is 0 Å². The number of ether oxygens (including phenoxy) is 2. The highest BCUT2D eigenvalue weighted by Crippen LogP contribution is 2.24. The van der Waals surface area contributed by atoms with Gasteiger partial charge in [-0.25, -0.2) is 9.59 Å². The number of alkyl carbamates (subject to hydrolysis) is 1. The molecule has 0 radical (unpaired) electrons. The van der Waals surface area contributed by atoms with Crippen LogP contribution in [-0.4, -0.2) is 81.2 Å². The van der Waals surface area contributed by atoms with Crippen molar-refractivity contribution in [3.8, 4) is 0 Å². The molecule has 12 nitrogen and oxygen atoms in total. The number of azide groups is 1. The van der Waals surface area contributed by atoms with Crippen molar-refractivity contribution in [3.05, 3.63) is 10.4 Å². The van der Waals surface area contributed by atoms with E-state index < -0.39 is 60.8 Å². The Bertz CT molecular complexity index is 545. The van der Waals surface area contributed by atoms with E-state index in [1.54, 1.807) is 20.8 Å². The molecule has 1 rings (SSSR count). The number of nitrogens with one attached hydrogen (secondary N) is 1. The smallest absolute Gasteiger partial charge is 0.408 e. The monoisotopic (exact) mass is 362 g/mol. The van der Waals surface area contributed by atoms with E-state index in [2.05, 4.69) is 10.0 Å². The van der Waals surface area contributed by atoms with Crippen LogP contribution in [0.25, 0.3) is 10.4 Å². The molecule has 1 saturated heterocycles. The predicted molar refractivity (Wildman–Crippen MR) is 81.5 cm³/mol. The molecule has 25 heavy (non-hydrogen) atoms. The molecule has 1 aliphatic heterocycles. The SMILES string of the molecule is CC(C)(C)OC(=O)NC(C(=O)O)[C@@H]1OC(CN=[N+]=[N-])[C@@H](O)C(O)C1O. The van der Waals surface area contributed by atoms with Gasteiger partial charge in [0.15, 0.2) is 6.04 Å². The van der Waals surface area contributed by atoms with Crippen LogP contribution in [0.15, 0.2) is 5.11 Å². The second-order valence-electron chi connectivity index (χ2n) is 6.49. The third kappa shape index (κ3) is 5.73. The van der Waals surface area contributed by atoms with Crippen LogP contribution in [0.3, 0.4) is 0 Å². The molecular formula is C13H22N4O8. The average molecular weight is 362 g/mol. The summed E-state index contributed by atoms with van der Waals surface area (Å²) in [7, 11) is 0. The van der Waals surface area contributed by atoms with Crippen LogP contribution >= 0.6 is 0 Å². The van der Waals surface area contributed by atoms with E-state index in [1.165, 1.54) is 0 Å². The van der Waals surface area contributed by atoms with Crippen molar-refractivity contribution in [1.82, 2.24) is 5.32 Å². The summed E-state index contributed by atoms with van der Waals surface area (Å²) in [6, 6.07) is -1.78. The summed E-state index contributed by atoms with van der Waals surface area (Å²) >= 11 is 0. The van der Waals surface area contributed by atoms with Gasteiger partial charge < -0.3 is 35.2 Å². The Morgan fingerprint density at radius 1 is 1.28 bits per heavy atom. The van der Waals surface area contributed by atoms with Crippen molar-refractivity contribution in [2.75, 3.05) is 6.54 Å². The van der Waals surface area contributed by atoms with E-state index in [9.17, 15) is 30.0 Å². The second kappa shape index (κ2) is 8.32. The minimum atomic E-state index is -1.81. The maximum absolute atomic E-state index is 11.8. The van der Waals surface area contributed by atoms with E-state index in [0.29, 0.717) is 0 Å². The Morgan fingerprint density at radius 3 is 2.36 bits per heavy atom. The maximum Gasteiger partial charge on any atom is 0.408 e. The number of rotatable bonds is 5. The van der Waals surface area contributed by atoms with Crippen LogP contribution in [0.2, 0.25) is 0 Å². The molecule has 0 aromatic heterocycles. The van der Waals surface area contributed by atoms with Gasteiger partial charge in [0.05, 0.1) is 12.6 Å². The van der Waals surface area contributed by atoms with Crippen LogP contribution in [0.5, 0.6) is 0 Å². The standard InChI is InChI=1S/C13H22N4O8/c1-13(2,3)25-12(23)16-6(11(21)22)10-9(20)8(19)7(18)5(24-10)4-15-17-14/h5-10,18-20H,4H2,1-3H3,(H,16,23)(H,21,22)/t5?,6?,7-,8?,9?,10+/m1/s1. The molecule has 0 aliphatic carbocycles. The zero-order valence-corrected chi connectivity index (χ0v) is 13.9. The highest BCUT2D eigenvalue weighted by Gasteiger charge is 2.49. The summed E-state index contributed by atoms with van der Waals surface area (Å²) in [6.45, 7) is 4.32. The quantitative estimate of drug-likeness (QED) is 0.236. The van der Waals surface area contributed by atoms with E-state index in [4.69, 9.17) is 15.0 Å². The minimum Gasteiger partial charge on any atom is -0.480 e. The molecule has 0 bridgehead atoms. The predicted octanol–water partition coefficient (Wildman–Crippen LogP) is -0.875. The fourth-order valence-electron chi connectivity index (χ4n) is 2.24. The first-order chi connectivity index (χ1) is 11.5. The molecule has 0 aromatic rings. The van der Waals surface area contributed by atoms with Crippen molar-refractivity contribution in [2.45, 2.75) is 62.9 Å². The van der Waals surface area contributed by atoms with Gasteiger partial charge in [0, 0.05) is 4.91 Å². The second-order valence-corrected chi connectivity index (χ2v) is 6.49. The highest BCUT2D eigenvalue weighted by atomic mass is 16.6. The summed E-state index contributed by atoms with van der Waals surface area (Å²) < 4.78 is 10.2. The number of carboxylic acids is 1. The largest absolute Gasteiger partial charge is 0.480 e. The number of carbonyl (C=O) groups is 2. The number of aliphatic carboxylic acids is 1. The molecule has 6 atom stereocenters. The van der Waals surface area contributed by atoms with E-state index in [-0.39, 0.29) is 0 Å². The van der Waals surface area contributed by atoms with Crippen molar-refractivity contribution in [1.29, 1.82) is 0 Å². The van der Waals surface area contributed by atoms with Crippen LogP contribution in [0, 0.1) is 0 Å². The highest BCUT2D eigenvalue weighted by molar-refractivity contribution is 5.80. The molecule has 0 spiro atoms. The zero-order chi connectivity index (χ0) is 19.4. The van der Waals surface area contributed by atoms with Crippen LogP contribution in [0.1, 0.15) is 20.8 Å². The van der Waals surface area contributed by atoms with Crippen molar-refractivity contribution >= 4 is 12.1 Å². The third-order valence-electron chi connectivity index (χ3n) is 3.34. The third-order valence-corrected chi connectivity index (χ3v) is 3.34. The minimum absolute atomic E-state index is 0.406. The number of hydrogen-bond acceptors (Lipinski definition) is 8. The molecule has 1 heterocycles. The first-order valence-corrected chi connectivity index (χ1v) is 7.40. The van der Waals surface area contributed by atoms with Crippen molar-refractivity contribution < 1.29 is 39.5 Å². The topological polar surface area (TPSA) is 194 Å². The number of amides is 1. The molecular weight excluding hydrogens is 340 g/mol. The molecule has 142 valence electrons. The Morgan fingerprint density at radius 2 is 1.88 bits per heavy atom. The molecule has 1 aliphatic rings. The van der Waals surface area contributed by atoms with Gasteiger partial charge in [0.1, 0.15) is 30.0 Å². The van der Waals surface area contributed by atoms with Crippen molar-refractivity contribution in [2.24, 2.45) is 5.11 Å². The Balaban J connectivity index is 2.97. The van der Waals surface area contributed by atoms with Crippen LogP contribution in [-0.2, 0) is 14.3 Å².